The number of nitrogens with zero attached hydrogens (tertiary/aromatic N) is 2. The molecule has 0 spiro atoms. The third-order valence-corrected chi connectivity index (χ3v) is 5.46. The summed E-state index contributed by atoms with van der Waals surface area (Å²) in [7, 11) is 0. The van der Waals surface area contributed by atoms with Gasteiger partial charge in [0, 0.05) is 29.8 Å². The summed E-state index contributed by atoms with van der Waals surface area (Å²) in [5.41, 5.74) is 8.71. The lowest BCUT2D eigenvalue weighted by Gasteiger charge is -2.30. The van der Waals surface area contributed by atoms with Gasteiger partial charge in [0.25, 0.3) is 5.91 Å². The second-order valence-corrected chi connectivity index (χ2v) is 7.58. The number of hydrogen-bond donors (Lipinski definition) is 2. The van der Waals surface area contributed by atoms with Crippen LogP contribution in [0.25, 0.3) is 0 Å². The number of rotatable bonds is 3. The van der Waals surface area contributed by atoms with Gasteiger partial charge in [0.05, 0.1) is 5.56 Å². The summed E-state index contributed by atoms with van der Waals surface area (Å²) in [6.45, 7) is 0.961. The molecule has 3 N–H and O–H groups in total. The first-order chi connectivity index (χ1) is 13.8. The fourth-order valence-corrected chi connectivity index (χ4v) is 3.88. The lowest BCUT2D eigenvalue weighted by atomic mass is 9.97. The van der Waals surface area contributed by atoms with Gasteiger partial charge in [-0.2, -0.15) is 13.2 Å². The second-order valence-electron chi connectivity index (χ2n) is 6.69. The molecule has 1 aliphatic heterocycles. The maximum atomic E-state index is 12.7. The van der Waals surface area contributed by atoms with Crippen LogP contribution in [0.5, 0.6) is 0 Å². The molecule has 1 aromatic heterocycles. The third kappa shape index (κ3) is 4.04. The largest absolute Gasteiger partial charge is 0.416 e. The zero-order valence-corrected chi connectivity index (χ0v) is 16.0. The molecule has 0 bridgehead atoms. The van der Waals surface area contributed by atoms with Crippen molar-refractivity contribution in [2.75, 3.05) is 17.6 Å². The minimum Gasteiger partial charge on any atom is -0.375 e. The van der Waals surface area contributed by atoms with Crippen molar-refractivity contribution < 1.29 is 18.0 Å². The van der Waals surface area contributed by atoms with E-state index >= 15 is 0 Å². The van der Waals surface area contributed by atoms with Crippen LogP contribution < -0.4 is 11.1 Å². The van der Waals surface area contributed by atoms with E-state index in [1.165, 1.54) is 23.5 Å². The molecule has 0 fully saturated rings. The van der Waals surface area contributed by atoms with E-state index in [9.17, 15) is 18.0 Å². The van der Waals surface area contributed by atoms with E-state index in [0.717, 1.165) is 28.9 Å². The van der Waals surface area contributed by atoms with E-state index < -0.39 is 11.7 Å². The van der Waals surface area contributed by atoms with Crippen LogP contribution in [0, 0.1) is 0 Å². The Morgan fingerprint density at radius 1 is 1.17 bits per heavy atom. The quantitative estimate of drug-likeness (QED) is 0.648. The van der Waals surface area contributed by atoms with Crippen molar-refractivity contribution in [2.45, 2.75) is 19.1 Å². The lowest BCUT2D eigenvalue weighted by Crippen LogP contribution is -2.36. The zero-order chi connectivity index (χ0) is 20.6. The Morgan fingerprint density at radius 3 is 2.59 bits per heavy atom. The number of anilines is 3. The van der Waals surface area contributed by atoms with E-state index in [1.54, 1.807) is 10.3 Å². The van der Waals surface area contributed by atoms with Crippen LogP contribution in [0.2, 0.25) is 0 Å². The number of alkyl halides is 3. The van der Waals surface area contributed by atoms with E-state index in [-0.39, 0.29) is 5.91 Å². The summed E-state index contributed by atoms with van der Waals surface area (Å²) in [5.74, 6) is -0.162. The van der Waals surface area contributed by atoms with Crippen LogP contribution in [0.4, 0.5) is 29.7 Å². The number of carbonyl (C=O) groups is 1. The molecule has 29 heavy (non-hydrogen) atoms. The smallest absolute Gasteiger partial charge is 0.375 e. The number of halogens is 3. The average Bonchev–Trinajstić information content (AvgIpc) is 3.13. The molecule has 1 aliphatic rings. The predicted octanol–water partition coefficient (Wildman–Crippen LogP) is 4.69. The number of amides is 1. The molecule has 2 heterocycles. The number of benzene rings is 2. The fraction of sp³-hybridized carbons (Fsp3) is 0.200. The topological polar surface area (TPSA) is 71.2 Å². The fourth-order valence-electron chi connectivity index (χ4n) is 3.35. The van der Waals surface area contributed by atoms with Gasteiger partial charge < -0.3 is 16.0 Å². The van der Waals surface area contributed by atoms with Gasteiger partial charge in [-0.15, -0.1) is 11.3 Å². The zero-order valence-electron chi connectivity index (χ0n) is 15.2. The Hall–Kier alpha value is -3.07. The van der Waals surface area contributed by atoms with Gasteiger partial charge in [-0.3, -0.25) is 4.79 Å². The number of thiazole rings is 1. The van der Waals surface area contributed by atoms with Gasteiger partial charge in [0.2, 0.25) is 0 Å². The molecule has 3 aromatic rings. The number of carbonyl (C=O) groups excluding carboxylic acids is 1. The van der Waals surface area contributed by atoms with Crippen molar-refractivity contribution in [2.24, 2.45) is 0 Å². The predicted molar refractivity (Wildman–Crippen MR) is 106 cm³/mol. The van der Waals surface area contributed by atoms with Crippen molar-refractivity contribution in [3.8, 4) is 0 Å². The van der Waals surface area contributed by atoms with Crippen molar-refractivity contribution in [3.63, 3.8) is 0 Å². The van der Waals surface area contributed by atoms with E-state index in [2.05, 4.69) is 10.3 Å². The molecular formula is C20H17F3N4OS. The molecule has 0 saturated carbocycles. The van der Waals surface area contributed by atoms with Crippen LogP contribution in [-0.2, 0) is 19.1 Å². The molecule has 0 atom stereocenters. The molecule has 5 nitrogen and oxygen atoms in total. The standard InChI is InChI=1S/C20H17F3N4OS/c21-20(22,23)13-4-6-14(7-5-13)25-16-3-1-2-12-10-27(9-8-15(12)16)18(28)17-11-29-19(24)26-17/h1-7,11,25H,8-10H2,(H2,24,26). The first kappa shape index (κ1) is 19.3. The lowest BCUT2D eigenvalue weighted by molar-refractivity contribution is -0.137. The first-order valence-electron chi connectivity index (χ1n) is 8.86. The number of hydrogen-bond acceptors (Lipinski definition) is 5. The number of fused-ring (bicyclic) bond motifs is 1. The average molecular weight is 418 g/mol. The maximum Gasteiger partial charge on any atom is 0.416 e. The van der Waals surface area contributed by atoms with Gasteiger partial charge in [0.1, 0.15) is 5.69 Å². The number of nitrogen functional groups attached to an aromatic ring is 1. The molecule has 1 amide bonds. The van der Waals surface area contributed by atoms with Crippen molar-refractivity contribution >= 4 is 33.8 Å². The van der Waals surface area contributed by atoms with Crippen LogP contribution in [0.15, 0.2) is 47.8 Å². The van der Waals surface area contributed by atoms with Gasteiger partial charge in [-0.1, -0.05) is 12.1 Å². The highest BCUT2D eigenvalue weighted by molar-refractivity contribution is 7.13. The van der Waals surface area contributed by atoms with Crippen LogP contribution in [-0.4, -0.2) is 22.3 Å². The summed E-state index contributed by atoms with van der Waals surface area (Å²) < 4.78 is 38.2. The van der Waals surface area contributed by atoms with Crippen LogP contribution in [0.1, 0.15) is 27.2 Å². The van der Waals surface area contributed by atoms with Gasteiger partial charge in [-0.25, -0.2) is 4.98 Å². The summed E-state index contributed by atoms with van der Waals surface area (Å²) in [6, 6.07) is 10.6. The Kier molecular flexibility index (Phi) is 4.91. The maximum absolute atomic E-state index is 12.7. The third-order valence-electron chi connectivity index (χ3n) is 4.79. The van der Waals surface area contributed by atoms with Gasteiger partial charge in [0.15, 0.2) is 5.13 Å². The van der Waals surface area contributed by atoms with Gasteiger partial charge >= 0.3 is 6.18 Å². The monoisotopic (exact) mass is 418 g/mol. The molecule has 2 aromatic carbocycles. The first-order valence-corrected chi connectivity index (χ1v) is 9.74. The summed E-state index contributed by atoms with van der Waals surface area (Å²) in [5, 5.41) is 5.20. The molecule has 0 saturated heterocycles. The van der Waals surface area contributed by atoms with E-state index in [4.69, 9.17) is 5.73 Å². The molecule has 9 heteroatoms. The number of aromatic nitrogens is 1. The van der Waals surface area contributed by atoms with Crippen LogP contribution in [0.3, 0.4) is 0 Å². The Labute approximate surface area is 169 Å². The van der Waals surface area contributed by atoms with Crippen molar-refractivity contribution in [1.82, 2.24) is 9.88 Å². The Morgan fingerprint density at radius 2 is 1.93 bits per heavy atom. The Balaban J connectivity index is 1.52. The number of nitrogens with two attached hydrogens (primary N) is 1. The van der Waals surface area contributed by atoms with Crippen molar-refractivity contribution in [3.05, 3.63) is 70.2 Å². The number of nitrogens with one attached hydrogen (secondary N) is 1. The normalized spacial score (nSPS) is 13.8. The molecule has 0 unspecified atom stereocenters. The molecular weight excluding hydrogens is 401 g/mol. The molecule has 0 aliphatic carbocycles. The second kappa shape index (κ2) is 7.40. The van der Waals surface area contributed by atoms with E-state index in [1.807, 2.05) is 18.2 Å². The molecule has 0 radical (unpaired) electrons. The minimum absolute atomic E-state index is 0.162. The Bertz CT molecular complexity index is 1050. The SMILES string of the molecule is Nc1nc(C(=O)N2CCc3c(cccc3Nc3ccc(C(F)(F)F)cc3)C2)cs1. The highest BCUT2D eigenvalue weighted by atomic mass is 32.1. The summed E-state index contributed by atoms with van der Waals surface area (Å²) in [6.07, 6.45) is -3.73. The van der Waals surface area contributed by atoms with Crippen molar-refractivity contribution in [1.29, 1.82) is 0 Å². The highest BCUT2D eigenvalue weighted by Crippen LogP contribution is 2.32. The van der Waals surface area contributed by atoms with E-state index in [0.29, 0.717) is 36.0 Å². The summed E-state index contributed by atoms with van der Waals surface area (Å²) in [4.78, 5) is 18.4. The minimum atomic E-state index is -4.36. The van der Waals surface area contributed by atoms with Crippen LogP contribution >= 0.6 is 11.3 Å². The summed E-state index contributed by atoms with van der Waals surface area (Å²) >= 11 is 1.23. The molecule has 150 valence electrons. The highest BCUT2D eigenvalue weighted by Gasteiger charge is 2.30. The van der Waals surface area contributed by atoms with Gasteiger partial charge in [-0.05, 0) is 47.9 Å². The molecule has 4 rings (SSSR count).